The lowest BCUT2D eigenvalue weighted by Gasteiger charge is -2.20. The van der Waals surface area contributed by atoms with Gasteiger partial charge in [0.15, 0.2) is 0 Å². The predicted octanol–water partition coefficient (Wildman–Crippen LogP) is 0.489. The summed E-state index contributed by atoms with van der Waals surface area (Å²) in [4.78, 5) is 23.9. The van der Waals surface area contributed by atoms with Gasteiger partial charge in [-0.2, -0.15) is 0 Å². The van der Waals surface area contributed by atoms with Crippen molar-refractivity contribution in [2.24, 2.45) is 11.5 Å². The number of carbonyl (C=O) groups is 2. The van der Waals surface area contributed by atoms with Gasteiger partial charge in [-0.25, -0.2) is 0 Å². The van der Waals surface area contributed by atoms with E-state index in [1.54, 1.807) is 7.05 Å². The minimum Gasteiger partial charge on any atom is -0.492 e. The Morgan fingerprint density at radius 3 is 2.50 bits per heavy atom. The first-order valence-electron chi connectivity index (χ1n) is 6.07. The first-order chi connectivity index (χ1) is 9.40. The molecule has 1 aromatic carbocycles. The van der Waals surface area contributed by atoms with E-state index in [2.05, 4.69) is 15.9 Å². The van der Waals surface area contributed by atoms with E-state index in [1.165, 1.54) is 4.90 Å². The highest BCUT2D eigenvalue weighted by Crippen LogP contribution is 2.15. The van der Waals surface area contributed by atoms with Gasteiger partial charge in [-0.1, -0.05) is 15.9 Å². The summed E-state index contributed by atoms with van der Waals surface area (Å²) >= 11 is 3.33. The highest BCUT2D eigenvalue weighted by atomic mass is 79.9. The third-order valence-corrected chi connectivity index (χ3v) is 3.15. The van der Waals surface area contributed by atoms with Crippen molar-refractivity contribution < 1.29 is 14.3 Å². The van der Waals surface area contributed by atoms with Crippen molar-refractivity contribution in [1.82, 2.24) is 4.90 Å². The number of hydrogen-bond donors (Lipinski definition) is 2. The van der Waals surface area contributed by atoms with Crippen molar-refractivity contribution in [3.05, 3.63) is 28.7 Å². The van der Waals surface area contributed by atoms with E-state index in [1.807, 2.05) is 24.3 Å². The smallest absolute Gasteiger partial charge is 0.239 e. The second-order valence-electron chi connectivity index (χ2n) is 4.34. The molecule has 110 valence electrons. The Morgan fingerprint density at radius 2 is 1.95 bits per heavy atom. The van der Waals surface area contributed by atoms with Crippen LogP contribution < -0.4 is 16.2 Å². The molecular weight excluding hydrogens is 326 g/mol. The third-order valence-electron chi connectivity index (χ3n) is 2.62. The molecular formula is C13H18BrN3O3. The number of primary amides is 1. The molecule has 0 aliphatic heterocycles. The second-order valence-corrected chi connectivity index (χ2v) is 5.25. The highest BCUT2D eigenvalue weighted by Gasteiger charge is 2.19. The molecule has 0 saturated heterocycles. The Kier molecular flexibility index (Phi) is 6.47. The van der Waals surface area contributed by atoms with Crippen molar-refractivity contribution >= 4 is 27.7 Å². The first-order valence-corrected chi connectivity index (χ1v) is 6.86. The fourth-order valence-electron chi connectivity index (χ4n) is 1.53. The van der Waals surface area contributed by atoms with Gasteiger partial charge in [-0.05, 0) is 24.3 Å². The number of halogens is 1. The topological polar surface area (TPSA) is 98.7 Å². The van der Waals surface area contributed by atoms with Crippen LogP contribution in [0.5, 0.6) is 5.75 Å². The van der Waals surface area contributed by atoms with Gasteiger partial charge in [0.05, 0.1) is 19.0 Å². The molecule has 0 aliphatic carbocycles. The SMILES string of the molecule is CN(CCOc1ccc(Br)cc1)C(=O)C(N)CC(N)=O. The summed E-state index contributed by atoms with van der Waals surface area (Å²) in [5.41, 5.74) is 10.6. The van der Waals surface area contributed by atoms with Gasteiger partial charge < -0.3 is 21.1 Å². The standard InChI is InChI=1S/C13H18BrN3O3/c1-17(13(19)11(15)8-12(16)18)6-7-20-10-4-2-9(14)3-5-10/h2-5,11H,6-8,15H2,1H3,(H2,16,18). The van der Waals surface area contributed by atoms with Gasteiger partial charge in [0.2, 0.25) is 11.8 Å². The fraction of sp³-hybridized carbons (Fsp3) is 0.385. The van der Waals surface area contributed by atoms with Crippen LogP contribution in [0.3, 0.4) is 0 Å². The molecule has 7 heteroatoms. The third kappa shape index (κ3) is 5.58. The van der Waals surface area contributed by atoms with Crippen molar-refractivity contribution in [3.63, 3.8) is 0 Å². The predicted molar refractivity (Wildman–Crippen MR) is 79.1 cm³/mol. The van der Waals surface area contributed by atoms with Gasteiger partial charge >= 0.3 is 0 Å². The molecule has 0 aliphatic rings. The Balaban J connectivity index is 2.35. The van der Waals surface area contributed by atoms with Gasteiger partial charge in [0, 0.05) is 11.5 Å². The molecule has 0 spiro atoms. The van der Waals surface area contributed by atoms with Gasteiger partial charge in [0.25, 0.3) is 0 Å². The van der Waals surface area contributed by atoms with Crippen molar-refractivity contribution in [1.29, 1.82) is 0 Å². The fourth-order valence-corrected chi connectivity index (χ4v) is 1.79. The highest BCUT2D eigenvalue weighted by molar-refractivity contribution is 9.10. The summed E-state index contributed by atoms with van der Waals surface area (Å²) in [6.07, 6.45) is -0.156. The number of nitrogens with two attached hydrogens (primary N) is 2. The maximum Gasteiger partial charge on any atom is 0.239 e. The maximum atomic E-state index is 11.8. The Morgan fingerprint density at radius 1 is 1.35 bits per heavy atom. The summed E-state index contributed by atoms with van der Waals surface area (Å²) in [6, 6.07) is 6.49. The largest absolute Gasteiger partial charge is 0.492 e. The van der Waals surface area contributed by atoms with Gasteiger partial charge in [0.1, 0.15) is 12.4 Å². The lowest BCUT2D eigenvalue weighted by Crippen LogP contribution is -2.45. The van der Waals surface area contributed by atoms with Crippen LogP contribution in [-0.2, 0) is 9.59 Å². The van der Waals surface area contributed by atoms with Crippen LogP contribution in [0.25, 0.3) is 0 Å². The van der Waals surface area contributed by atoms with E-state index in [9.17, 15) is 9.59 Å². The van der Waals surface area contributed by atoms with Crippen LogP contribution in [0.2, 0.25) is 0 Å². The number of benzene rings is 1. The summed E-state index contributed by atoms with van der Waals surface area (Å²) in [7, 11) is 1.61. The molecule has 0 heterocycles. The lowest BCUT2D eigenvalue weighted by molar-refractivity contribution is -0.133. The van der Waals surface area contributed by atoms with Crippen molar-refractivity contribution in [3.8, 4) is 5.75 Å². The minimum atomic E-state index is -0.898. The van der Waals surface area contributed by atoms with Crippen LogP contribution in [0.1, 0.15) is 6.42 Å². The van der Waals surface area contributed by atoms with E-state index in [0.29, 0.717) is 13.2 Å². The molecule has 1 atom stereocenters. The van der Waals surface area contributed by atoms with Crippen LogP contribution in [0, 0.1) is 0 Å². The van der Waals surface area contributed by atoms with E-state index in [4.69, 9.17) is 16.2 Å². The number of rotatable bonds is 7. The lowest BCUT2D eigenvalue weighted by atomic mass is 10.2. The zero-order chi connectivity index (χ0) is 15.1. The molecule has 1 unspecified atom stereocenters. The molecule has 20 heavy (non-hydrogen) atoms. The summed E-state index contributed by atoms with van der Waals surface area (Å²) in [5, 5.41) is 0. The van der Waals surface area contributed by atoms with Crippen molar-refractivity contribution in [2.45, 2.75) is 12.5 Å². The molecule has 6 nitrogen and oxygen atoms in total. The molecule has 0 fully saturated rings. The van der Waals surface area contributed by atoms with E-state index < -0.39 is 11.9 Å². The van der Waals surface area contributed by atoms with Crippen LogP contribution in [0.15, 0.2) is 28.7 Å². The zero-order valence-corrected chi connectivity index (χ0v) is 12.8. The van der Waals surface area contributed by atoms with E-state index in [0.717, 1.165) is 10.2 Å². The number of likely N-dealkylation sites (N-methyl/N-ethyl adjacent to an activating group) is 1. The Hall–Kier alpha value is -1.60. The summed E-state index contributed by atoms with van der Waals surface area (Å²) in [5.74, 6) is -0.205. The quantitative estimate of drug-likeness (QED) is 0.752. The molecule has 0 saturated carbocycles. The summed E-state index contributed by atoms with van der Waals surface area (Å²) in [6.45, 7) is 0.717. The normalized spacial score (nSPS) is 11.8. The average molecular weight is 344 g/mol. The molecule has 0 bridgehead atoms. The van der Waals surface area contributed by atoms with Crippen LogP contribution in [-0.4, -0.2) is 43.0 Å². The molecule has 2 amide bonds. The Bertz CT molecular complexity index is 464. The number of amides is 2. The molecule has 0 radical (unpaired) electrons. The van der Waals surface area contributed by atoms with E-state index >= 15 is 0 Å². The van der Waals surface area contributed by atoms with Crippen LogP contribution >= 0.6 is 15.9 Å². The second kappa shape index (κ2) is 7.86. The minimum absolute atomic E-state index is 0.156. The first kappa shape index (κ1) is 16.5. The maximum absolute atomic E-state index is 11.8. The molecule has 1 aromatic rings. The molecule has 0 aromatic heterocycles. The monoisotopic (exact) mass is 343 g/mol. The number of hydrogen-bond acceptors (Lipinski definition) is 4. The summed E-state index contributed by atoms with van der Waals surface area (Å²) < 4.78 is 6.46. The van der Waals surface area contributed by atoms with E-state index in [-0.39, 0.29) is 12.3 Å². The molecule has 4 N–H and O–H groups in total. The number of carbonyl (C=O) groups excluding carboxylic acids is 2. The zero-order valence-electron chi connectivity index (χ0n) is 11.2. The average Bonchev–Trinajstić information content (AvgIpc) is 2.39. The number of ether oxygens (including phenoxy) is 1. The Labute approximate surface area is 126 Å². The van der Waals surface area contributed by atoms with Crippen LogP contribution in [0.4, 0.5) is 0 Å². The van der Waals surface area contributed by atoms with Crippen molar-refractivity contribution in [2.75, 3.05) is 20.2 Å². The van der Waals surface area contributed by atoms with Gasteiger partial charge in [-0.3, -0.25) is 9.59 Å². The number of nitrogens with zero attached hydrogens (tertiary/aromatic N) is 1. The molecule has 1 rings (SSSR count). The van der Waals surface area contributed by atoms with Gasteiger partial charge in [-0.15, -0.1) is 0 Å².